The number of nitrogens with zero attached hydrogens (tertiary/aromatic N) is 2. The maximum Gasteiger partial charge on any atom is 0.320 e. The number of nitrogens with one attached hydrogen (secondary N) is 1. The molecule has 0 aliphatic rings. The van der Waals surface area contributed by atoms with Gasteiger partial charge in [-0.05, 0) is 26.3 Å². The van der Waals surface area contributed by atoms with Gasteiger partial charge in [0.1, 0.15) is 11.0 Å². The molecular weight excluding hydrogens is 258 g/mol. The van der Waals surface area contributed by atoms with Crippen molar-refractivity contribution < 1.29 is 9.90 Å². The monoisotopic (exact) mass is 275 g/mol. The van der Waals surface area contributed by atoms with Crippen LogP contribution >= 0.6 is 23.1 Å². The fourth-order valence-corrected chi connectivity index (χ4v) is 3.12. The average Bonchev–Trinajstić information content (AvgIpc) is 2.68. The van der Waals surface area contributed by atoms with E-state index in [1.54, 1.807) is 11.8 Å². The van der Waals surface area contributed by atoms with Crippen molar-refractivity contribution in [1.29, 1.82) is 0 Å². The summed E-state index contributed by atoms with van der Waals surface area (Å²) in [5, 5.41) is 20.9. The lowest BCUT2D eigenvalue weighted by molar-refractivity contribution is -0.139. The van der Waals surface area contributed by atoms with Gasteiger partial charge in [0.2, 0.25) is 0 Å². The van der Waals surface area contributed by atoms with Crippen LogP contribution in [0.4, 0.5) is 0 Å². The molecule has 96 valence electrons. The maximum absolute atomic E-state index is 11.0. The Morgan fingerprint density at radius 3 is 2.88 bits per heavy atom. The number of rotatable bonds is 8. The first-order chi connectivity index (χ1) is 8.13. The van der Waals surface area contributed by atoms with Crippen molar-refractivity contribution in [3.63, 3.8) is 0 Å². The lowest BCUT2D eigenvalue weighted by Crippen LogP contribution is -2.37. The van der Waals surface area contributed by atoms with Crippen LogP contribution in [0.2, 0.25) is 0 Å². The highest BCUT2D eigenvalue weighted by Gasteiger charge is 2.16. The lowest BCUT2D eigenvalue weighted by Gasteiger charge is -2.12. The molecule has 0 saturated carbocycles. The minimum Gasteiger partial charge on any atom is -0.480 e. The lowest BCUT2D eigenvalue weighted by atomic mass is 10.2. The van der Waals surface area contributed by atoms with Crippen LogP contribution in [0, 0.1) is 6.92 Å². The zero-order chi connectivity index (χ0) is 12.7. The van der Waals surface area contributed by atoms with E-state index in [1.165, 1.54) is 11.3 Å². The van der Waals surface area contributed by atoms with E-state index < -0.39 is 12.0 Å². The van der Waals surface area contributed by atoms with Crippen molar-refractivity contribution in [3.05, 3.63) is 5.01 Å². The number of carboxylic acid groups (broad SMARTS) is 1. The van der Waals surface area contributed by atoms with Gasteiger partial charge in [0, 0.05) is 5.75 Å². The zero-order valence-corrected chi connectivity index (χ0v) is 11.6. The Morgan fingerprint density at radius 2 is 2.35 bits per heavy atom. The molecule has 1 aromatic rings. The molecule has 0 bridgehead atoms. The first-order valence-corrected chi connectivity index (χ1v) is 7.32. The van der Waals surface area contributed by atoms with E-state index in [-0.39, 0.29) is 0 Å². The summed E-state index contributed by atoms with van der Waals surface area (Å²) >= 11 is 3.10. The van der Waals surface area contributed by atoms with Gasteiger partial charge < -0.3 is 10.4 Å². The van der Waals surface area contributed by atoms with E-state index in [0.29, 0.717) is 6.42 Å². The van der Waals surface area contributed by atoms with Crippen LogP contribution in [0.3, 0.4) is 0 Å². The van der Waals surface area contributed by atoms with Crippen LogP contribution < -0.4 is 5.32 Å². The highest BCUT2D eigenvalue weighted by Crippen LogP contribution is 2.22. The molecule has 17 heavy (non-hydrogen) atoms. The summed E-state index contributed by atoms with van der Waals surface area (Å²) in [5.41, 5.74) is 0. The standard InChI is InChI=1S/C10H17N3O2S2/c1-3-5-11-8(9(14)15)4-6-16-10-13-12-7(2)17-10/h8,11H,3-6H2,1-2H3,(H,14,15). The molecule has 5 nitrogen and oxygen atoms in total. The van der Waals surface area contributed by atoms with Crippen molar-refractivity contribution in [2.75, 3.05) is 12.3 Å². The molecule has 0 fully saturated rings. The second-order valence-electron chi connectivity index (χ2n) is 3.57. The quantitative estimate of drug-likeness (QED) is 0.704. The maximum atomic E-state index is 11.0. The van der Waals surface area contributed by atoms with Gasteiger partial charge in [0.25, 0.3) is 0 Å². The molecule has 1 rings (SSSR count). The third-order valence-corrected chi connectivity index (χ3v) is 4.08. The third-order valence-electron chi connectivity index (χ3n) is 2.08. The third kappa shape index (κ3) is 5.47. The summed E-state index contributed by atoms with van der Waals surface area (Å²) in [6.45, 7) is 4.66. The molecule has 0 aliphatic heterocycles. The minimum atomic E-state index is -0.785. The molecule has 0 saturated heterocycles. The molecule has 1 heterocycles. The summed E-state index contributed by atoms with van der Waals surface area (Å²) in [4.78, 5) is 11.0. The first kappa shape index (κ1) is 14.4. The van der Waals surface area contributed by atoms with Gasteiger partial charge in [-0.2, -0.15) is 0 Å². The van der Waals surface area contributed by atoms with Crippen LogP contribution in [0.15, 0.2) is 4.34 Å². The Kier molecular flexibility index (Phi) is 6.46. The molecular formula is C10H17N3O2S2. The highest BCUT2D eigenvalue weighted by atomic mass is 32.2. The second kappa shape index (κ2) is 7.62. The first-order valence-electron chi connectivity index (χ1n) is 5.52. The summed E-state index contributed by atoms with van der Waals surface area (Å²) in [6.07, 6.45) is 1.53. The van der Waals surface area contributed by atoms with Gasteiger partial charge in [0.05, 0.1) is 0 Å². The predicted molar refractivity (Wildman–Crippen MR) is 69.7 cm³/mol. The number of aliphatic carboxylic acids is 1. The van der Waals surface area contributed by atoms with E-state index >= 15 is 0 Å². The normalized spacial score (nSPS) is 12.6. The van der Waals surface area contributed by atoms with Crippen molar-refractivity contribution in [1.82, 2.24) is 15.5 Å². The van der Waals surface area contributed by atoms with Crippen LogP contribution in [-0.4, -0.2) is 39.6 Å². The average molecular weight is 275 g/mol. The Labute approximate surface area is 109 Å². The van der Waals surface area contributed by atoms with Gasteiger partial charge in [-0.3, -0.25) is 4.79 Å². The molecule has 0 amide bonds. The largest absolute Gasteiger partial charge is 0.480 e. The van der Waals surface area contributed by atoms with Crippen molar-refractivity contribution in [2.24, 2.45) is 0 Å². The summed E-state index contributed by atoms with van der Waals surface area (Å²) < 4.78 is 0.905. The molecule has 7 heteroatoms. The Bertz CT molecular complexity index is 357. The molecule has 1 aromatic heterocycles. The van der Waals surface area contributed by atoms with E-state index in [4.69, 9.17) is 5.11 Å². The van der Waals surface area contributed by atoms with Gasteiger partial charge in [0.15, 0.2) is 4.34 Å². The van der Waals surface area contributed by atoms with Crippen molar-refractivity contribution in [3.8, 4) is 0 Å². The SMILES string of the molecule is CCCNC(CCSc1nnc(C)s1)C(=O)O. The molecule has 0 aromatic carbocycles. The summed E-state index contributed by atoms with van der Waals surface area (Å²) in [6, 6.07) is -0.462. The van der Waals surface area contributed by atoms with E-state index in [2.05, 4.69) is 15.5 Å². The molecule has 0 spiro atoms. The topological polar surface area (TPSA) is 75.1 Å². The summed E-state index contributed by atoms with van der Waals surface area (Å²) in [5.74, 6) is -0.0463. The van der Waals surface area contributed by atoms with E-state index in [1.807, 2.05) is 13.8 Å². The summed E-state index contributed by atoms with van der Waals surface area (Å²) in [7, 11) is 0. The highest BCUT2D eigenvalue weighted by molar-refractivity contribution is 8.01. The number of carboxylic acids is 1. The molecule has 2 N–H and O–H groups in total. The molecule has 0 radical (unpaired) electrons. The van der Waals surface area contributed by atoms with Crippen LogP contribution in [0.25, 0.3) is 0 Å². The van der Waals surface area contributed by atoms with Crippen LogP contribution in [-0.2, 0) is 4.79 Å². The molecule has 1 atom stereocenters. The van der Waals surface area contributed by atoms with Crippen LogP contribution in [0.5, 0.6) is 0 Å². The van der Waals surface area contributed by atoms with Gasteiger partial charge in [-0.1, -0.05) is 30.0 Å². The second-order valence-corrected chi connectivity index (χ2v) is 6.09. The smallest absolute Gasteiger partial charge is 0.320 e. The fraction of sp³-hybridized carbons (Fsp3) is 0.700. The van der Waals surface area contributed by atoms with Gasteiger partial charge >= 0.3 is 5.97 Å². The minimum absolute atomic E-state index is 0.462. The number of hydrogen-bond acceptors (Lipinski definition) is 6. The Balaban J connectivity index is 2.29. The molecule has 1 unspecified atom stereocenters. The fourth-order valence-electron chi connectivity index (χ4n) is 1.23. The number of aryl methyl sites for hydroxylation is 1. The van der Waals surface area contributed by atoms with Gasteiger partial charge in [-0.15, -0.1) is 10.2 Å². The number of aromatic nitrogens is 2. The zero-order valence-electron chi connectivity index (χ0n) is 9.97. The predicted octanol–water partition coefficient (Wildman–Crippen LogP) is 1.78. The Morgan fingerprint density at radius 1 is 1.59 bits per heavy atom. The van der Waals surface area contributed by atoms with Gasteiger partial charge in [-0.25, -0.2) is 0 Å². The van der Waals surface area contributed by atoms with Crippen LogP contribution in [0.1, 0.15) is 24.8 Å². The number of hydrogen-bond donors (Lipinski definition) is 2. The van der Waals surface area contributed by atoms with E-state index in [9.17, 15) is 4.79 Å². The van der Waals surface area contributed by atoms with Crippen molar-refractivity contribution >= 4 is 29.1 Å². The van der Waals surface area contributed by atoms with Crippen molar-refractivity contribution in [2.45, 2.75) is 37.1 Å². The number of carbonyl (C=O) groups is 1. The Hall–Kier alpha value is -0.660. The molecule has 0 aliphatic carbocycles. The number of thioether (sulfide) groups is 1. The van der Waals surface area contributed by atoms with E-state index in [0.717, 1.165) is 28.1 Å².